The Morgan fingerprint density at radius 2 is 1.82 bits per heavy atom. The average molecular weight is 393 g/mol. The summed E-state index contributed by atoms with van der Waals surface area (Å²) in [6.07, 6.45) is 0. The standard InChI is InChI=1S/C21H17ClN4O2/c1-13-11-18(22)24-21(23-13)25-20(28)16-12-26(14-7-3-2-4-8-14)17-10-6-5-9-15(17)19(16)27/h2-11,16H,12H2,1H3,(H,23,24,25,28). The molecule has 28 heavy (non-hydrogen) atoms. The highest BCUT2D eigenvalue weighted by atomic mass is 35.5. The van der Waals surface area contributed by atoms with E-state index in [1.54, 1.807) is 25.1 Å². The third-order valence-corrected chi connectivity index (χ3v) is 4.78. The molecule has 0 spiro atoms. The fourth-order valence-electron chi connectivity index (χ4n) is 3.31. The van der Waals surface area contributed by atoms with Crippen molar-refractivity contribution < 1.29 is 9.59 Å². The molecule has 0 saturated heterocycles. The summed E-state index contributed by atoms with van der Waals surface area (Å²) in [5, 5.41) is 2.86. The van der Waals surface area contributed by atoms with Gasteiger partial charge in [-0.3, -0.25) is 14.9 Å². The second-order valence-corrected chi connectivity index (χ2v) is 6.91. The van der Waals surface area contributed by atoms with Crippen molar-refractivity contribution in [2.75, 3.05) is 16.8 Å². The molecular formula is C21H17ClN4O2. The van der Waals surface area contributed by atoms with Gasteiger partial charge in [0, 0.05) is 23.5 Å². The molecule has 1 aliphatic heterocycles. The van der Waals surface area contributed by atoms with Gasteiger partial charge >= 0.3 is 0 Å². The number of ketones is 1. The van der Waals surface area contributed by atoms with Crippen molar-refractivity contribution in [1.82, 2.24) is 9.97 Å². The van der Waals surface area contributed by atoms with Crippen LogP contribution < -0.4 is 10.2 Å². The van der Waals surface area contributed by atoms with E-state index < -0.39 is 11.8 Å². The van der Waals surface area contributed by atoms with Crippen LogP contribution in [-0.4, -0.2) is 28.2 Å². The molecule has 0 bridgehead atoms. The molecule has 0 saturated carbocycles. The first-order chi connectivity index (χ1) is 13.5. The number of aryl methyl sites for hydroxylation is 1. The highest BCUT2D eigenvalue weighted by Gasteiger charge is 2.37. The molecule has 1 aromatic heterocycles. The smallest absolute Gasteiger partial charge is 0.239 e. The van der Waals surface area contributed by atoms with Crippen molar-refractivity contribution >= 4 is 40.6 Å². The number of fused-ring (bicyclic) bond motifs is 1. The van der Waals surface area contributed by atoms with Crippen molar-refractivity contribution in [2.24, 2.45) is 5.92 Å². The molecule has 1 atom stereocenters. The predicted octanol–water partition coefficient (Wildman–Crippen LogP) is 4.03. The minimum absolute atomic E-state index is 0.0907. The van der Waals surface area contributed by atoms with Gasteiger partial charge < -0.3 is 4.90 Å². The lowest BCUT2D eigenvalue weighted by Crippen LogP contribution is -2.43. The summed E-state index contributed by atoms with van der Waals surface area (Å²) in [5.74, 6) is -1.48. The number of hydrogen-bond acceptors (Lipinski definition) is 5. The highest BCUT2D eigenvalue weighted by molar-refractivity contribution is 6.29. The predicted molar refractivity (Wildman–Crippen MR) is 108 cm³/mol. The zero-order valence-electron chi connectivity index (χ0n) is 15.1. The van der Waals surface area contributed by atoms with Gasteiger partial charge in [-0.15, -0.1) is 0 Å². The maximum atomic E-state index is 13.0. The molecule has 1 amide bonds. The Balaban J connectivity index is 1.68. The minimum Gasteiger partial charge on any atom is -0.340 e. The van der Waals surface area contributed by atoms with Crippen molar-refractivity contribution in [1.29, 1.82) is 0 Å². The number of nitrogens with zero attached hydrogens (tertiary/aromatic N) is 3. The summed E-state index contributed by atoms with van der Waals surface area (Å²) in [7, 11) is 0. The number of amides is 1. The van der Waals surface area contributed by atoms with Crippen LogP contribution in [0.2, 0.25) is 5.15 Å². The van der Waals surface area contributed by atoms with Crippen LogP contribution in [0.15, 0.2) is 60.7 Å². The molecule has 0 fully saturated rings. The largest absolute Gasteiger partial charge is 0.340 e. The molecule has 140 valence electrons. The Hall–Kier alpha value is -3.25. The number of anilines is 3. The lowest BCUT2D eigenvalue weighted by Gasteiger charge is -2.34. The first kappa shape index (κ1) is 18.1. The van der Waals surface area contributed by atoms with Crippen LogP contribution in [0.5, 0.6) is 0 Å². The van der Waals surface area contributed by atoms with E-state index in [1.165, 1.54) is 0 Å². The maximum absolute atomic E-state index is 13.0. The molecule has 0 aliphatic carbocycles. The van der Waals surface area contributed by atoms with Crippen molar-refractivity contribution in [3.05, 3.63) is 77.1 Å². The zero-order chi connectivity index (χ0) is 19.7. The van der Waals surface area contributed by atoms with E-state index in [1.807, 2.05) is 47.4 Å². The topological polar surface area (TPSA) is 75.2 Å². The van der Waals surface area contributed by atoms with E-state index in [0.29, 0.717) is 11.3 Å². The number of hydrogen-bond donors (Lipinski definition) is 1. The van der Waals surface area contributed by atoms with E-state index in [2.05, 4.69) is 15.3 Å². The Morgan fingerprint density at radius 1 is 1.11 bits per heavy atom. The van der Waals surface area contributed by atoms with Crippen LogP contribution in [0.3, 0.4) is 0 Å². The summed E-state index contributed by atoms with van der Waals surface area (Å²) >= 11 is 5.94. The van der Waals surface area contributed by atoms with Gasteiger partial charge in [0.15, 0.2) is 5.78 Å². The Kier molecular flexibility index (Phi) is 4.79. The fraction of sp³-hybridized carbons (Fsp3) is 0.143. The van der Waals surface area contributed by atoms with Gasteiger partial charge in [0.25, 0.3) is 0 Å². The number of nitrogens with one attached hydrogen (secondary N) is 1. The minimum atomic E-state index is -0.891. The molecule has 2 heterocycles. The van der Waals surface area contributed by atoms with Crippen LogP contribution in [0.4, 0.5) is 17.3 Å². The van der Waals surface area contributed by atoms with Gasteiger partial charge in [0.1, 0.15) is 11.1 Å². The van der Waals surface area contributed by atoms with Gasteiger partial charge in [-0.2, -0.15) is 0 Å². The van der Waals surface area contributed by atoms with Gasteiger partial charge in [-0.05, 0) is 37.3 Å². The van der Waals surface area contributed by atoms with Crippen molar-refractivity contribution in [3.8, 4) is 0 Å². The van der Waals surface area contributed by atoms with Crippen molar-refractivity contribution in [3.63, 3.8) is 0 Å². The zero-order valence-corrected chi connectivity index (χ0v) is 15.8. The normalized spacial score (nSPS) is 15.9. The number of para-hydroxylation sites is 2. The third kappa shape index (κ3) is 3.46. The van der Waals surface area contributed by atoms with E-state index in [4.69, 9.17) is 11.6 Å². The fourth-order valence-corrected chi connectivity index (χ4v) is 3.54. The van der Waals surface area contributed by atoms with Gasteiger partial charge in [0.2, 0.25) is 11.9 Å². The second-order valence-electron chi connectivity index (χ2n) is 6.53. The van der Waals surface area contributed by atoms with Crippen LogP contribution in [-0.2, 0) is 4.79 Å². The number of halogens is 1. The van der Waals surface area contributed by atoms with Gasteiger partial charge in [-0.1, -0.05) is 41.9 Å². The lowest BCUT2D eigenvalue weighted by atomic mass is 9.90. The summed E-state index contributed by atoms with van der Waals surface area (Å²) in [6.45, 7) is 1.98. The third-order valence-electron chi connectivity index (χ3n) is 4.58. The summed E-state index contributed by atoms with van der Waals surface area (Å²) in [4.78, 5) is 36.1. The molecular weight excluding hydrogens is 376 g/mol. The van der Waals surface area contributed by atoms with Crippen molar-refractivity contribution in [2.45, 2.75) is 6.92 Å². The number of Topliss-reactive ketones (excluding diaryl/α,β-unsaturated/α-hetero) is 1. The SMILES string of the molecule is Cc1cc(Cl)nc(NC(=O)C2CN(c3ccccc3)c3ccccc3C2=O)n1. The number of carbonyl (C=O) groups excluding carboxylic acids is 2. The van der Waals surface area contributed by atoms with Crippen LogP contribution in [0.25, 0.3) is 0 Å². The second kappa shape index (κ2) is 7.40. The molecule has 3 aromatic rings. The number of benzene rings is 2. The molecule has 1 aliphatic rings. The first-order valence-electron chi connectivity index (χ1n) is 8.81. The van der Waals surface area contributed by atoms with E-state index in [9.17, 15) is 9.59 Å². The Morgan fingerprint density at radius 3 is 2.57 bits per heavy atom. The molecule has 0 radical (unpaired) electrons. The van der Waals surface area contributed by atoms with E-state index in [0.717, 1.165) is 11.4 Å². The van der Waals surface area contributed by atoms with Crippen LogP contribution in [0.1, 0.15) is 16.1 Å². The molecule has 2 aromatic carbocycles. The summed E-state index contributed by atoms with van der Waals surface area (Å²) in [5.41, 5.74) is 2.84. The maximum Gasteiger partial charge on any atom is 0.239 e. The van der Waals surface area contributed by atoms with Crippen LogP contribution >= 0.6 is 11.6 Å². The monoisotopic (exact) mass is 392 g/mol. The van der Waals surface area contributed by atoms with Gasteiger partial charge in [0.05, 0.1) is 5.69 Å². The first-order valence-corrected chi connectivity index (χ1v) is 9.18. The number of rotatable bonds is 3. The molecule has 6 nitrogen and oxygen atoms in total. The van der Waals surface area contributed by atoms with E-state index >= 15 is 0 Å². The quantitative estimate of drug-likeness (QED) is 0.538. The lowest BCUT2D eigenvalue weighted by molar-refractivity contribution is -0.118. The molecule has 1 N–H and O–H groups in total. The average Bonchev–Trinajstić information content (AvgIpc) is 2.68. The molecule has 7 heteroatoms. The Labute approximate surface area is 167 Å². The summed E-state index contributed by atoms with van der Waals surface area (Å²) < 4.78 is 0. The molecule has 1 unspecified atom stereocenters. The summed E-state index contributed by atoms with van der Waals surface area (Å²) in [6, 6.07) is 18.6. The number of carbonyl (C=O) groups is 2. The van der Waals surface area contributed by atoms with E-state index in [-0.39, 0.29) is 23.4 Å². The number of aromatic nitrogens is 2. The highest BCUT2D eigenvalue weighted by Crippen LogP contribution is 2.35. The van der Waals surface area contributed by atoms with Crippen LogP contribution in [0, 0.1) is 12.8 Å². The molecule has 4 rings (SSSR count). The Bertz CT molecular complexity index is 1040. The van der Waals surface area contributed by atoms with Gasteiger partial charge in [-0.25, -0.2) is 9.97 Å².